The van der Waals surface area contributed by atoms with Gasteiger partial charge in [0.15, 0.2) is 12.2 Å². The molecule has 0 amide bonds. The van der Waals surface area contributed by atoms with Crippen LogP contribution in [0.5, 0.6) is 0 Å². The van der Waals surface area contributed by atoms with E-state index in [0.717, 1.165) is 148 Å². The number of phosphoric acid groups is 2. The summed E-state index contributed by atoms with van der Waals surface area (Å²) in [6.07, 6.45) is 75.2. The predicted molar refractivity (Wildman–Crippen MR) is 399 cm³/mol. The fourth-order valence-corrected chi connectivity index (χ4v) is 11.5. The molecule has 0 aliphatic heterocycles. The van der Waals surface area contributed by atoms with Crippen molar-refractivity contribution < 1.29 is 80.2 Å². The van der Waals surface area contributed by atoms with Crippen molar-refractivity contribution in [1.82, 2.24) is 0 Å². The zero-order chi connectivity index (χ0) is 71.8. The van der Waals surface area contributed by atoms with E-state index >= 15 is 0 Å². The van der Waals surface area contributed by atoms with Crippen LogP contribution in [0.4, 0.5) is 0 Å². The van der Waals surface area contributed by atoms with Gasteiger partial charge in [-0.25, -0.2) is 9.13 Å². The summed E-state index contributed by atoms with van der Waals surface area (Å²) in [5, 5.41) is 10.6. The van der Waals surface area contributed by atoms with E-state index in [-0.39, 0.29) is 25.7 Å². The van der Waals surface area contributed by atoms with Crippen molar-refractivity contribution >= 4 is 39.5 Å². The molecule has 0 aromatic rings. The van der Waals surface area contributed by atoms with E-state index in [1.165, 1.54) is 77.0 Å². The molecule has 0 aliphatic carbocycles. The molecular formula is C79H136O17P2. The van der Waals surface area contributed by atoms with Crippen molar-refractivity contribution in [2.24, 2.45) is 0 Å². The lowest BCUT2D eigenvalue weighted by atomic mass is 10.0. The fraction of sp³-hybridized carbons (Fsp3) is 0.722. The van der Waals surface area contributed by atoms with Crippen molar-refractivity contribution in [3.8, 4) is 0 Å². The Bertz CT molecular complexity index is 2290. The van der Waals surface area contributed by atoms with Gasteiger partial charge in [0.05, 0.1) is 26.4 Å². The van der Waals surface area contributed by atoms with Crippen LogP contribution in [0.2, 0.25) is 0 Å². The Kier molecular flexibility index (Phi) is 68.0. The molecule has 0 rings (SSSR count). The van der Waals surface area contributed by atoms with Gasteiger partial charge in [0.1, 0.15) is 19.3 Å². The molecule has 98 heavy (non-hydrogen) atoms. The number of aliphatic hydroxyl groups is 1. The minimum absolute atomic E-state index is 0.0711. The van der Waals surface area contributed by atoms with Gasteiger partial charge in [0.25, 0.3) is 0 Å². The van der Waals surface area contributed by atoms with Crippen LogP contribution in [-0.2, 0) is 65.4 Å². The summed E-state index contributed by atoms with van der Waals surface area (Å²) in [6.45, 7) is 4.53. The van der Waals surface area contributed by atoms with E-state index in [2.05, 4.69) is 125 Å². The smallest absolute Gasteiger partial charge is 0.462 e. The maximum atomic E-state index is 13.1. The second-order valence-electron chi connectivity index (χ2n) is 25.2. The highest BCUT2D eigenvalue weighted by Gasteiger charge is 2.30. The molecule has 19 heteroatoms. The zero-order valence-electron chi connectivity index (χ0n) is 61.4. The highest BCUT2D eigenvalue weighted by molar-refractivity contribution is 7.47. The summed E-state index contributed by atoms with van der Waals surface area (Å²) < 4.78 is 68.4. The van der Waals surface area contributed by atoms with Gasteiger partial charge >= 0.3 is 39.5 Å². The van der Waals surface area contributed by atoms with Crippen LogP contribution in [0.15, 0.2) is 109 Å². The monoisotopic (exact) mass is 1420 g/mol. The first-order chi connectivity index (χ1) is 47.7. The minimum atomic E-state index is -4.99. The second kappa shape index (κ2) is 71.1. The summed E-state index contributed by atoms with van der Waals surface area (Å²) in [4.78, 5) is 72.8. The number of aliphatic hydroxyl groups excluding tert-OH is 1. The number of hydrogen-bond acceptors (Lipinski definition) is 15. The summed E-state index contributed by atoms with van der Waals surface area (Å²) in [5.41, 5.74) is 0. The minimum Gasteiger partial charge on any atom is -0.462 e. The Morgan fingerprint density at radius 1 is 0.296 bits per heavy atom. The van der Waals surface area contributed by atoms with Gasteiger partial charge in [0, 0.05) is 25.7 Å². The molecule has 0 aliphatic rings. The fourth-order valence-electron chi connectivity index (χ4n) is 9.96. The molecule has 0 aromatic heterocycles. The van der Waals surface area contributed by atoms with Crippen molar-refractivity contribution in [2.45, 2.75) is 329 Å². The molecule has 17 nitrogen and oxygen atoms in total. The number of hydrogen-bond donors (Lipinski definition) is 3. The average molecular weight is 1420 g/mol. The molecule has 0 saturated carbocycles. The first-order valence-corrected chi connectivity index (χ1v) is 41.1. The third kappa shape index (κ3) is 70.2. The molecular weight excluding hydrogens is 1280 g/mol. The Morgan fingerprint density at radius 3 is 0.898 bits per heavy atom. The quantitative estimate of drug-likeness (QED) is 0.0169. The number of phosphoric ester groups is 2. The molecule has 564 valence electrons. The number of carbonyl (C=O) groups excluding carboxylic acids is 4. The molecule has 0 saturated heterocycles. The average Bonchev–Trinajstić information content (AvgIpc) is 0.986. The van der Waals surface area contributed by atoms with E-state index in [1.54, 1.807) is 0 Å². The van der Waals surface area contributed by atoms with E-state index in [9.17, 15) is 43.2 Å². The lowest BCUT2D eigenvalue weighted by Gasteiger charge is -2.21. The third-order valence-electron chi connectivity index (χ3n) is 15.7. The van der Waals surface area contributed by atoms with E-state index in [4.69, 9.17) is 37.0 Å². The van der Waals surface area contributed by atoms with E-state index in [1.807, 2.05) is 12.2 Å². The van der Waals surface area contributed by atoms with Crippen molar-refractivity contribution in [3.63, 3.8) is 0 Å². The Hall–Kier alpha value is -4.28. The summed E-state index contributed by atoms with van der Waals surface area (Å²) in [5.74, 6) is -2.26. The number of rotatable bonds is 71. The molecule has 0 aromatic carbocycles. The summed E-state index contributed by atoms with van der Waals surface area (Å²) in [7, 11) is -9.96. The van der Waals surface area contributed by atoms with Gasteiger partial charge in [-0.15, -0.1) is 0 Å². The molecule has 5 atom stereocenters. The zero-order valence-corrected chi connectivity index (χ0v) is 63.2. The highest BCUT2D eigenvalue weighted by Crippen LogP contribution is 2.45. The lowest BCUT2D eigenvalue weighted by Crippen LogP contribution is -2.30. The Balaban J connectivity index is 5.37. The molecule has 0 radical (unpaired) electrons. The van der Waals surface area contributed by atoms with Gasteiger partial charge in [-0.1, -0.05) is 278 Å². The molecule has 5 unspecified atom stereocenters. The topological polar surface area (TPSA) is 237 Å². The van der Waals surface area contributed by atoms with Crippen LogP contribution in [0.3, 0.4) is 0 Å². The van der Waals surface area contributed by atoms with Crippen LogP contribution in [-0.4, -0.2) is 96.7 Å². The molecule has 0 spiro atoms. The predicted octanol–water partition coefficient (Wildman–Crippen LogP) is 21.8. The van der Waals surface area contributed by atoms with Crippen LogP contribution < -0.4 is 0 Å². The second-order valence-corrected chi connectivity index (χ2v) is 28.1. The summed E-state index contributed by atoms with van der Waals surface area (Å²) in [6, 6.07) is 0. The van der Waals surface area contributed by atoms with Gasteiger partial charge in [-0.2, -0.15) is 0 Å². The Labute approximate surface area is 594 Å². The number of ether oxygens (including phenoxy) is 4. The number of allylic oxidation sites excluding steroid dienone is 18. The van der Waals surface area contributed by atoms with Crippen molar-refractivity contribution in [1.29, 1.82) is 0 Å². The lowest BCUT2D eigenvalue weighted by molar-refractivity contribution is -0.161. The standard InChI is InChI=1S/C79H136O17P2/c1-5-9-13-17-21-25-29-32-35-36-39-41-45-48-52-56-60-64-77(82)89-69-74(95-78(83)65-61-57-53-49-43-28-24-20-16-12-8-4)71-93-97(85,86)91-67-73(80)68-92-98(87,88)94-72-75(96-79(84)66-62-58-54-50-46-42-38-34-31-27-23-19-15-11-7-3)70-90-76(81)63-59-55-51-47-44-40-37-33-30-26-22-18-14-10-6-2/h9-10,13-14,20-22,24-26,32-33,35,37,39,41,48,52,73-75,80H,5-8,11-12,15-19,23,27-31,34,36,38,40,42-47,49-51,53-72H2,1-4H3,(H,85,86)(H,87,88)/b13-9-,14-10-,24-20-,25-21-,26-22-,35-32-,37-33-,41-39-,52-48-. The van der Waals surface area contributed by atoms with Gasteiger partial charge in [-0.3, -0.25) is 37.3 Å². The Morgan fingerprint density at radius 2 is 0.551 bits per heavy atom. The largest absolute Gasteiger partial charge is 0.472 e. The van der Waals surface area contributed by atoms with Crippen molar-refractivity contribution in [2.75, 3.05) is 39.6 Å². The first kappa shape index (κ1) is 93.7. The third-order valence-corrected chi connectivity index (χ3v) is 17.6. The van der Waals surface area contributed by atoms with Gasteiger partial charge in [0.2, 0.25) is 0 Å². The maximum Gasteiger partial charge on any atom is 0.472 e. The van der Waals surface area contributed by atoms with Crippen LogP contribution in [0.25, 0.3) is 0 Å². The van der Waals surface area contributed by atoms with Crippen LogP contribution in [0, 0.1) is 0 Å². The normalized spacial score (nSPS) is 14.6. The van der Waals surface area contributed by atoms with Crippen LogP contribution >= 0.6 is 15.6 Å². The van der Waals surface area contributed by atoms with E-state index < -0.39 is 97.5 Å². The highest BCUT2D eigenvalue weighted by atomic mass is 31.2. The molecule has 0 fully saturated rings. The first-order valence-electron chi connectivity index (χ1n) is 38.1. The number of esters is 4. The van der Waals surface area contributed by atoms with Crippen LogP contribution in [0.1, 0.15) is 310 Å². The number of unbranched alkanes of at least 4 members (excludes halogenated alkanes) is 27. The SMILES string of the molecule is CC/C=C\C/C=C\C/C=C\C/C=C\C/C=C\CCCC(=O)OCC(COP(=O)(O)OCC(O)COP(=O)(O)OCC(COC(=O)CCCCCCC/C=C\C/C=C\C/C=C\CC)OC(=O)CCCCCCCCCCCCCCCCC)OC(=O)CCCCCCC/C=C\CCCC. The van der Waals surface area contributed by atoms with E-state index in [0.29, 0.717) is 32.1 Å². The summed E-state index contributed by atoms with van der Waals surface area (Å²) >= 11 is 0. The van der Waals surface area contributed by atoms with Crippen molar-refractivity contribution in [3.05, 3.63) is 109 Å². The number of carbonyl (C=O) groups is 4. The maximum absolute atomic E-state index is 13.1. The molecule has 0 bridgehead atoms. The molecule has 0 heterocycles. The molecule has 3 N–H and O–H groups in total. The van der Waals surface area contributed by atoms with Gasteiger partial charge < -0.3 is 33.8 Å². The van der Waals surface area contributed by atoms with Gasteiger partial charge in [-0.05, 0) is 116 Å².